The minimum Gasteiger partial charge on any atom is -0.354 e. The number of rotatable bonds is 6. The highest BCUT2D eigenvalue weighted by Crippen LogP contribution is 2.21. The number of hydrogen-bond donors (Lipinski definition) is 4. The van der Waals surface area contributed by atoms with Crippen LogP contribution in [0.4, 0.5) is 26.4 Å². The van der Waals surface area contributed by atoms with Crippen molar-refractivity contribution in [2.45, 2.75) is 19.9 Å². The average Bonchev–Trinajstić information content (AvgIpc) is 2.69. The Hall–Kier alpha value is -3.81. The molecule has 0 radical (unpaired) electrons. The van der Waals surface area contributed by atoms with Gasteiger partial charge in [0.2, 0.25) is 0 Å². The molecule has 2 amide bonds. The Balaban J connectivity index is 1.67. The Morgan fingerprint density at radius 1 is 1.17 bits per heavy atom. The van der Waals surface area contributed by atoms with Gasteiger partial charge in [0.05, 0.1) is 17.9 Å². The zero-order valence-electron chi connectivity index (χ0n) is 16.0. The molecule has 1 atom stereocenters. The minimum atomic E-state index is -0.448. The lowest BCUT2D eigenvalue weighted by atomic mass is 10.1. The molecule has 2 heterocycles. The number of nitrogens with zero attached hydrogens (tertiary/aromatic N) is 2. The van der Waals surface area contributed by atoms with Crippen molar-refractivity contribution >= 4 is 29.4 Å². The molecule has 29 heavy (non-hydrogen) atoms. The smallest absolute Gasteiger partial charge is 0.320 e. The number of aryl methyl sites for hydroxylation is 1. The molecule has 0 fully saturated rings. The van der Waals surface area contributed by atoms with Crippen molar-refractivity contribution in [1.82, 2.24) is 15.3 Å². The summed E-state index contributed by atoms with van der Waals surface area (Å²) in [4.78, 5) is 20.6. The topological polar surface area (TPSA) is 103 Å². The number of hydrogen-bond acceptors (Lipinski definition) is 5. The van der Waals surface area contributed by atoms with Crippen LogP contribution >= 0.6 is 0 Å². The molecule has 3 rings (SSSR count). The van der Waals surface area contributed by atoms with Crippen LogP contribution < -0.4 is 16.0 Å². The summed E-state index contributed by atoms with van der Waals surface area (Å²) in [6, 6.07) is 10.5. The van der Waals surface area contributed by atoms with Gasteiger partial charge in [-0.05, 0) is 49.7 Å². The van der Waals surface area contributed by atoms with E-state index in [-0.39, 0.29) is 11.9 Å². The van der Waals surface area contributed by atoms with Crippen LogP contribution in [0.3, 0.4) is 0 Å². The highest BCUT2D eigenvalue weighted by atomic mass is 19.1. The van der Waals surface area contributed by atoms with E-state index in [1.807, 2.05) is 19.1 Å². The van der Waals surface area contributed by atoms with Gasteiger partial charge in [-0.2, -0.15) is 0 Å². The molecule has 0 bridgehead atoms. The predicted octanol–water partition coefficient (Wildman–Crippen LogP) is 4.55. The van der Waals surface area contributed by atoms with Crippen LogP contribution in [0, 0.1) is 18.2 Å². The molecule has 0 saturated carbocycles. The van der Waals surface area contributed by atoms with Crippen LogP contribution in [0.1, 0.15) is 29.8 Å². The third kappa shape index (κ3) is 5.35. The van der Waals surface area contributed by atoms with Crippen molar-refractivity contribution in [3.8, 4) is 0 Å². The Labute approximate surface area is 167 Å². The van der Waals surface area contributed by atoms with Crippen molar-refractivity contribution in [3.63, 3.8) is 0 Å². The number of amides is 2. The SMILES string of the molecule is Cc1cc(Nc2cnc(NC(=O)NC(C)c3ccc(F)cc3)cc2C=N)ccn1. The van der Waals surface area contributed by atoms with E-state index >= 15 is 0 Å². The first-order valence-corrected chi connectivity index (χ1v) is 8.98. The standard InChI is InChI=1S/C21H21FN6O/c1-13-9-18(7-8-24-13)27-19-12-25-20(10-16(19)11-23)28-21(29)26-14(2)15-3-5-17(22)6-4-15/h3-12,14,23H,1-2H3,(H,24,27)(H2,25,26,28,29). The van der Waals surface area contributed by atoms with Crippen molar-refractivity contribution in [2.24, 2.45) is 0 Å². The molecule has 0 aliphatic heterocycles. The van der Waals surface area contributed by atoms with E-state index in [0.29, 0.717) is 17.1 Å². The van der Waals surface area contributed by atoms with Gasteiger partial charge in [-0.15, -0.1) is 0 Å². The Kier molecular flexibility index (Phi) is 6.13. The quantitative estimate of drug-likeness (QED) is 0.462. The fourth-order valence-electron chi connectivity index (χ4n) is 2.73. The van der Waals surface area contributed by atoms with Crippen molar-refractivity contribution in [1.29, 1.82) is 5.41 Å². The van der Waals surface area contributed by atoms with Gasteiger partial charge < -0.3 is 16.0 Å². The molecule has 0 spiro atoms. The largest absolute Gasteiger partial charge is 0.354 e. The van der Waals surface area contributed by atoms with Gasteiger partial charge in [0.25, 0.3) is 0 Å². The lowest BCUT2D eigenvalue weighted by Gasteiger charge is -2.15. The van der Waals surface area contributed by atoms with Gasteiger partial charge in [-0.1, -0.05) is 12.1 Å². The van der Waals surface area contributed by atoms with E-state index < -0.39 is 6.03 Å². The molecule has 4 N–H and O–H groups in total. The normalized spacial score (nSPS) is 11.4. The number of urea groups is 1. The number of anilines is 3. The summed E-state index contributed by atoms with van der Waals surface area (Å²) in [7, 11) is 0. The number of carbonyl (C=O) groups is 1. The van der Waals surface area contributed by atoms with Gasteiger partial charge in [0.15, 0.2) is 0 Å². The van der Waals surface area contributed by atoms with Crippen molar-refractivity contribution in [3.05, 3.63) is 77.5 Å². The maximum Gasteiger partial charge on any atom is 0.320 e. The monoisotopic (exact) mass is 392 g/mol. The summed E-state index contributed by atoms with van der Waals surface area (Å²) in [6.07, 6.45) is 4.43. The van der Waals surface area contributed by atoms with Gasteiger partial charge in [0, 0.05) is 29.4 Å². The maximum atomic E-state index is 13.0. The van der Waals surface area contributed by atoms with Gasteiger partial charge in [0.1, 0.15) is 11.6 Å². The van der Waals surface area contributed by atoms with Crippen LogP contribution in [-0.4, -0.2) is 22.2 Å². The molecule has 0 aliphatic rings. The predicted molar refractivity (Wildman–Crippen MR) is 111 cm³/mol. The van der Waals surface area contributed by atoms with E-state index in [0.717, 1.165) is 16.9 Å². The van der Waals surface area contributed by atoms with E-state index in [9.17, 15) is 9.18 Å². The molecular formula is C21H21FN6O. The molecule has 3 aromatic rings. The minimum absolute atomic E-state index is 0.309. The van der Waals surface area contributed by atoms with Crippen molar-refractivity contribution < 1.29 is 9.18 Å². The van der Waals surface area contributed by atoms with Crippen LogP contribution in [-0.2, 0) is 0 Å². The average molecular weight is 392 g/mol. The van der Waals surface area contributed by atoms with Gasteiger partial charge in [-0.25, -0.2) is 14.2 Å². The molecule has 8 heteroatoms. The lowest BCUT2D eigenvalue weighted by molar-refractivity contribution is 0.249. The van der Waals surface area contributed by atoms with E-state index in [1.54, 1.807) is 37.5 Å². The Bertz CT molecular complexity index is 1020. The molecule has 7 nitrogen and oxygen atoms in total. The first kappa shape index (κ1) is 19.9. The third-order valence-corrected chi connectivity index (χ3v) is 4.23. The van der Waals surface area contributed by atoms with Gasteiger partial charge in [-0.3, -0.25) is 10.3 Å². The summed E-state index contributed by atoms with van der Waals surface area (Å²) < 4.78 is 13.0. The van der Waals surface area contributed by atoms with Crippen LogP contribution in [0.5, 0.6) is 0 Å². The first-order valence-electron chi connectivity index (χ1n) is 8.98. The van der Waals surface area contributed by atoms with Crippen LogP contribution in [0.2, 0.25) is 0 Å². The Morgan fingerprint density at radius 3 is 2.62 bits per heavy atom. The summed E-state index contributed by atoms with van der Waals surface area (Å²) >= 11 is 0. The molecule has 2 aromatic heterocycles. The number of pyridine rings is 2. The molecular weight excluding hydrogens is 371 g/mol. The highest BCUT2D eigenvalue weighted by molar-refractivity contribution is 5.92. The van der Waals surface area contributed by atoms with E-state index in [1.165, 1.54) is 18.3 Å². The van der Waals surface area contributed by atoms with E-state index in [4.69, 9.17) is 5.41 Å². The number of halogens is 1. The molecule has 0 saturated heterocycles. The third-order valence-electron chi connectivity index (χ3n) is 4.23. The molecule has 148 valence electrons. The van der Waals surface area contributed by atoms with Crippen LogP contribution in [0.15, 0.2) is 54.9 Å². The first-order chi connectivity index (χ1) is 13.9. The Morgan fingerprint density at radius 2 is 1.93 bits per heavy atom. The zero-order chi connectivity index (χ0) is 20.8. The number of nitrogens with one attached hydrogen (secondary N) is 4. The highest BCUT2D eigenvalue weighted by Gasteiger charge is 2.11. The second kappa shape index (κ2) is 8.92. The summed E-state index contributed by atoms with van der Waals surface area (Å²) in [5.74, 6) is -0.0202. The summed E-state index contributed by atoms with van der Waals surface area (Å²) in [5.41, 5.74) is 3.67. The summed E-state index contributed by atoms with van der Waals surface area (Å²) in [5, 5.41) is 16.3. The lowest BCUT2D eigenvalue weighted by Crippen LogP contribution is -2.31. The van der Waals surface area contributed by atoms with Gasteiger partial charge >= 0.3 is 6.03 Å². The van der Waals surface area contributed by atoms with Crippen molar-refractivity contribution in [2.75, 3.05) is 10.6 Å². The molecule has 0 aliphatic carbocycles. The number of carbonyl (C=O) groups excluding carboxylic acids is 1. The maximum absolute atomic E-state index is 13.0. The second-order valence-electron chi connectivity index (χ2n) is 6.48. The molecule has 1 aromatic carbocycles. The second-order valence-corrected chi connectivity index (χ2v) is 6.48. The van der Waals surface area contributed by atoms with Crippen LogP contribution in [0.25, 0.3) is 0 Å². The fourth-order valence-corrected chi connectivity index (χ4v) is 2.73. The number of aromatic nitrogens is 2. The zero-order valence-corrected chi connectivity index (χ0v) is 16.0. The fraction of sp³-hybridized carbons (Fsp3) is 0.143. The van der Waals surface area contributed by atoms with E-state index in [2.05, 4.69) is 25.9 Å². The number of benzene rings is 1. The molecule has 1 unspecified atom stereocenters. The summed E-state index contributed by atoms with van der Waals surface area (Å²) in [6.45, 7) is 3.69.